The van der Waals surface area contributed by atoms with Crippen LogP contribution in [-0.4, -0.2) is 17.0 Å². The van der Waals surface area contributed by atoms with Gasteiger partial charge < -0.3 is 10.3 Å². The molecule has 1 rings (SSSR count). The molecule has 1 aromatic heterocycles. The molecule has 1 heterocycles. The summed E-state index contributed by atoms with van der Waals surface area (Å²) in [6, 6.07) is -0.457. The van der Waals surface area contributed by atoms with Crippen molar-refractivity contribution in [3.8, 4) is 0 Å². The maximum atomic E-state index is 12.0. The Kier molecular flexibility index (Phi) is 3.63. The highest BCUT2D eigenvalue weighted by Gasteiger charge is 2.23. The highest BCUT2D eigenvalue weighted by molar-refractivity contribution is 6.01. The van der Waals surface area contributed by atoms with Gasteiger partial charge in [0.25, 0.3) is 0 Å². The number of aromatic nitrogens is 1. The first-order chi connectivity index (χ1) is 6.93. The Morgan fingerprint density at radius 2 is 2.07 bits per heavy atom. The van der Waals surface area contributed by atoms with Gasteiger partial charge >= 0.3 is 0 Å². The monoisotopic (exact) mass is 210 g/mol. The summed E-state index contributed by atoms with van der Waals surface area (Å²) in [6.45, 7) is 7.57. The molecule has 84 valence electrons. The molecule has 0 aromatic carbocycles. The second kappa shape index (κ2) is 4.57. The van der Waals surface area contributed by atoms with Gasteiger partial charge in [-0.3, -0.25) is 4.79 Å². The molecule has 0 amide bonds. The molecule has 0 fully saturated rings. The van der Waals surface area contributed by atoms with Crippen LogP contribution in [0.2, 0.25) is 0 Å². The van der Waals surface area contributed by atoms with E-state index >= 15 is 0 Å². The molecule has 1 aromatic rings. The number of carbonyl (C=O) groups is 1. The molecule has 0 radical (unpaired) electrons. The molecule has 2 N–H and O–H groups in total. The van der Waals surface area contributed by atoms with Crippen molar-refractivity contribution in [2.24, 2.45) is 11.7 Å². The standard InChI is InChI=1S/C11H18N2O2/c1-6(2)5-9(12)11(14)10-7(3)13-15-8(10)4/h6,9H,5,12H2,1-4H3. The van der Waals surface area contributed by atoms with Crippen LogP contribution in [0.5, 0.6) is 0 Å². The highest BCUT2D eigenvalue weighted by atomic mass is 16.5. The molecule has 15 heavy (non-hydrogen) atoms. The average Bonchev–Trinajstić information content (AvgIpc) is 2.44. The second-order valence-corrected chi connectivity index (χ2v) is 4.30. The van der Waals surface area contributed by atoms with Crippen LogP contribution >= 0.6 is 0 Å². The van der Waals surface area contributed by atoms with Crippen LogP contribution in [0, 0.1) is 19.8 Å². The van der Waals surface area contributed by atoms with Gasteiger partial charge in [-0.1, -0.05) is 19.0 Å². The number of aryl methyl sites for hydroxylation is 2. The van der Waals surface area contributed by atoms with Gasteiger partial charge in [0.1, 0.15) is 5.76 Å². The van der Waals surface area contributed by atoms with Crippen molar-refractivity contribution in [3.63, 3.8) is 0 Å². The average molecular weight is 210 g/mol. The summed E-state index contributed by atoms with van der Waals surface area (Å²) >= 11 is 0. The van der Waals surface area contributed by atoms with Gasteiger partial charge in [0.15, 0.2) is 5.78 Å². The van der Waals surface area contributed by atoms with Crippen molar-refractivity contribution in [2.75, 3.05) is 0 Å². The maximum Gasteiger partial charge on any atom is 0.184 e. The minimum atomic E-state index is -0.457. The number of hydrogen-bond donors (Lipinski definition) is 1. The lowest BCUT2D eigenvalue weighted by atomic mass is 9.96. The highest BCUT2D eigenvalue weighted by Crippen LogP contribution is 2.16. The van der Waals surface area contributed by atoms with Crippen molar-refractivity contribution in [2.45, 2.75) is 40.2 Å². The summed E-state index contributed by atoms with van der Waals surface area (Å²) in [5, 5.41) is 3.75. The first-order valence-corrected chi connectivity index (χ1v) is 5.16. The van der Waals surface area contributed by atoms with Crippen LogP contribution in [-0.2, 0) is 0 Å². The lowest BCUT2D eigenvalue weighted by Gasteiger charge is -2.12. The fourth-order valence-corrected chi connectivity index (χ4v) is 1.64. The molecule has 0 bridgehead atoms. The summed E-state index contributed by atoms with van der Waals surface area (Å²) in [6.07, 6.45) is 0.683. The molecule has 1 atom stereocenters. The molecule has 4 heteroatoms. The molecule has 0 saturated carbocycles. The molecule has 1 unspecified atom stereocenters. The van der Waals surface area contributed by atoms with Gasteiger partial charge in [0, 0.05) is 0 Å². The fraction of sp³-hybridized carbons (Fsp3) is 0.636. The zero-order valence-electron chi connectivity index (χ0n) is 9.70. The van der Waals surface area contributed by atoms with Crippen molar-refractivity contribution in [1.29, 1.82) is 0 Å². The minimum absolute atomic E-state index is 0.0695. The smallest absolute Gasteiger partial charge is 0.184 e. The Labute approximate surface area is 89.8 Å². The van der Waals surface area contributed by atoms with E-state index in [1.807, 2.05) is 13.8 Å². The van der Waals surface area contributed by atoms with Crippen LogP contribution in [0.1, 0.15) is 42.1 Å². The van der Waals surface area contributed by atoms with Crippen molar-refractivity contribution < 1.29 is 9.32 Å². The van der Waals surface area contributed by atoms with Gasteiger partial charge in [-0.25, -0.2) is 0 Å². The summed E-state index contributed by atoms with van der Waals surface area (Å²) in [7, 11) is 0. The molecule has 4 nitrogen and oxygen atoms in total. The largest absolute Gasteiger partial charge is 0.361 e. The lowest BCUT2D eigenvalue weighted by Crippen LogP contribution is -2.32. The zero-order chi connectivity index (χ0) is 11.6. The predicted octanol–water partition coefficient (Wildman–Crippen LogP) is 1.85. The number of nitrogens with zero attached hydrogens (tertiary/aromatic N) is 1. The Bertz CT molecular complexity index is 336. The first-order valence-electron chi connectivity index (χ1n) is 5.16. The van der Waals surface area contributed by atoms with E-state index in [0.29, 0.717) is 29.4 Å². The lowest BCUT2D eigenvalue weighted by molar-refractivity contribution is 0.0949. The zero-order valence-corrected chi connectivity index (χ0v) is 9.70. The third-order valence-corrected chi connectivity index (χ3v) is 2.34. The van der Waals surface area contributed by atoms with E-state index < -0.39 is 6.04 Å². The van der Waals surface area contributed by atoms with Gasteiger partial charge in [-0.2, -0.15) is 0 Å². The summed E-state index contributed by atoms with van der Waals surface area (Å²) < 4.78 is 4.95. The summed E-state index contributed by atoms with van der Waals surface area (Å²) in [5.74, 6) is 0.890. The Morgan fingerprint density at radius 3 is 2.47 bits per heavy atom. The molecular weight excluding hydrogens is 192 g/mol. The van der Waals surface area contributed by atoms with Gasteiger partial charge in [-0.15, -0.1) is 0 Å². The van der Waals surface area contributed by atoms with E-state index in [1.54, 1.807) is 13.8 Å². The molecule has 0 aliphatic heterocycles. The number of carbonyl (C=O) groups excluding carboxylic acids is 1. The third-order valence-electron chi connectivity index (χ3n) is 2.34. The first kappa shape index (κ1) is 11.9. The van der Waals surface area contributed by atoms with E-state index in [-0.39, 0.29) is 5.78 Å². The van der Waals surface area contributed by atoms with Crippen LogP contribution in [0.15, 0.2) is 4.52 Å². The Morgan fingerprint density at radius 1 is 1.47 bits per heavy atom. The van der Waals surface area contributed by atoms with Gasteiger partial charge in [0.2, 0.25) is 0 Å². The normalized spacial score (nSPS) is 13.2. The van der Waals surface area contributed by atoms with Crippen molar-refractivity contribution >= 4 is 5.78 Å². The number of ketones is 1. The Hall–Kier alpha value is -1.16. The molecule has 0 saturated heterocycles. The van der Waals surface area contributed by atoms with Crippen molar-refractivity contribution in [3.05, 3.63) is 17.0 Å². The van der Waals surface area contributed by atoms with Crippen LogP contribution in [0.25, 0.3) is 0 Å². The van der Waals surface area contributed by atoms with E-state index in [0.717, 1.165) is 0 Å². The second-order valence-electron chi connectivity index (χ2n) is 4.30. The van der Waals surface area contributed by atoms with E-state index in [2.05, 4.69) is 5.16 Å². The van der Waals surface area contributed by atoms with Gasteiger partial charge in [0.05, 0.1) is 17.3 Å². The van der Waals surface area contributed by atoms with Crippen LogP contribution in [0.4, 0.5) is 0 Å². The maximum absolute atomic E-state index is 12.0. The molecule has 0 aliphatic carbocycles. The molecule has 0 aliphatic rings. The number of Topliss-reactive ketones (excluding diaryl/α,β-unsaturated/α-hetero) is 1. The topological polar surface area (TPSA) is 69.1 Å². The van der Waals surface area contributed by atoms with Crippen LogP contribution < -0.4 is 5.73 Å². The number of nitrogens with two attached hydrogens (primary N) is 1. The minimum Gasteiger partial charge on any atom is -0.361 e. The SMILES string of the molecule is Cc1noc(C)c1C(=O)C(N)CC(C)C. The van der Waals surface area contributed by atoms with E-state index in [1.165, 1.54) is 0 Å². The molecular formula is C11H18N2O2. The number of rotatable bonds is 4. The summed E-state index contributed by atoms with van der Waals surface area (Å²) in [5.41, 5.74) is 6.99. The van der Waals surface area contributed by atoms with Gasteiger partial charge in [-0.05, 0) is 26.2 Å². The predicted molar refractivity (Wildman–Crippen MR) is 57.7 cm³/mol. The fourth-order valence-electron chi connectivity index (χ4n) is 1.64. The Balaban J connectivity index is 2.85. The van der Waals surface area contributed by atoms with Crippen LogP contribution in [0.3, 0.4) is 0 Å². The summed E-state index contributed by atoms with van der Waals surface area (Å²) in [4.78, 5) is 12.0. The van der Waals surface area contributed by atoms with Crippen molar-refractivity contribution in [1.82, 2.24) is 5.16 Å². The molecule has 0 spiro atoms. The quantitative estimate of drug-likeness (QED) is 0.770. The van der Waals surface area contributed by atoms with E-state index in [9.17, 15) is 4.79 Å². The third kappa shape index (κ3) is 2.65. The van der Waals surface area contributed by atoms with E-state index in [4.69, 9.17) is 10.3 Å². The number of hydrogen-bond acceptors (Lipinski definition) is 4.